The van der Waals surface area contributed by atoms with Gasteiger partial charge in [0.25, 0.3) is 5.91 Å². The summed E-state index contributed by atoms with van der Waals surface area (Å²) < 4.78 is 6.02. The van der Waals surface area contributed by atoms with E-state index in [1.807, 2.05) is 19.1 Å². The Kier molecular flexibility index (Phi) is 4.49. The highest BCUT2D eigenvalue weighted by Crippen LogP contribution is 2.25. The van der Waals surface area contributed by atoms with Crippen molar-refractivity contribution in [1.82, 2.24) is 0 Å². The average Bonchev–Trinajstić information content (AvgIpc) is 2.44. The topological polar surface area (TPSA) is 64.3 Å². The zero-order chi connectivity index (χ0) is 14.7. The molecule has 0 aromatic heterocycles. The molecule has 5 heteroatoms. The summed E-state index contributed by atoms with van der Waals surface area (Å²) in [5.41, 5.74) is 8.65. The Morgan fingerprint density at radius 2 is 2.05 bits per heavy atom. The maximum atomic E-state index is 12.3. The van der Waals surface area contributed by atoms with Crippen LogP contribution < -0.4 is 15.8 Å². The van der Waals surface area contributed by atoms with Crippen LogP contribution in [0.3, 0.4) is 0 Å². The third-order valence-corrected chi connectivity index (χ3v) is 4.38. The molecular weight excluding hydrogens is 367 g/mol. The number of carbonyl (C=O) groups is 1. The Balaban J connectivity index is 2.26. The molecule has 2 aromatic carbocycles. The summed E-state index contributed by atoms with van der Waals surface area (Å²) in [4.78, 5) is 12.3. The average molecular weight is 382 g/mol. The Morgan fingerprint density at radius 3 is 2.70 bits per heavy atom. The number of carbonyl (C=O) groups excluding carboxylic acids is 1. The van der Waals surface area contributed by atoms with Gasteiger partial charge in [-0.25, -0.2) is 0 Å². The smallest absolute Gasteiger partial charge is 0.256 e. The Morgan fingerprint density at radius 1 is 1.30 bits per heavy atom. The molecule has 0 aliphatic rings. The molecule has 4 nitrogen and oxygen atoms in total. The Labute approximate surface area is 131 Å². The fourth-order valence-corrected chi connectivity index (χ4v) is 2.40. The minimum absolute atomic E-state index is 0.171. The quantitative estimate of drug-likeness (QED) is 0.632. The van der Waals surface area contributed by atoms with Crippen LogP contribution in [0.15, 0.2) is 36.4 Å². The Hall–Kier alpha value is -1.76. The van der Waals surface area contributed by atoms with Crippen LogP contribution in [0.2, 0.25) is 0 Å². The number of anilines is 2. The molecule has 20 heavy (non-hydrogen) atoms. The maximum Gasteiger partial charge on any atom is 0.256 e. The van der Waals surface area contributed by atoms with Crippen molar-refractivity contribution < 1.29 is 9.53 Å². The van der Waals surface area contributed by atoms with Crippen LogP contribution in [0.25, 0.3) is 0 Å². The molecule has 0 atom stereocenters. The molecule has 0 aliphatic heterocycles. The van der Waals surface area contributed by atoms with Crippen LogP contribution in [-0.4, -0.2) is 13.0 Å². The molecular formula is C15H15IN2O2. The van der Waals surface area contributed by atoms with E-state index in [4.69, 9.17) is 10.5 Å². The van der Waals surface area contributed by atoms with Gasteiger partial charge < -0.3 is 15.8 Å². The van der Waals surface area contributed by atoms with Crippen molar-refractivity contribution >= 4 is 39.9 Å². The van der Waals surface area contributed by atoms with Crippen molar-refractivity contribution in [3.05, 3.63) is 51.1 Å². The fourth-order valence-electron chi connectivity index (χ4n) is 1.79. The van der Waals surface area contributed by atoms with E-state index >= 15 is 0 Å². The van der Waals surface area contributed by atoms with E-state index in [0.29, 0.717) is 22.7 Å². The lowest BCUT2D eigenvalue weighted by Gasteiger charge is -2.11. The van der Waals surface area contributed by atoms with Gasteiger partial charge in [0.15, 0.2) is 0 Å². The second kappa shape index (κ2) is 6.13. The summed E-state index contributed by atoms with van der Waals surface area (Å²) >= 11 is 2.17. The van der Waals surface area contributed by atoms with Crippen molar-refractivity contribution in [2.75, 3.05) is 18.2 Å². The van der Waals surface area contributed by atoms with E-state index in [-0.39, 0.29) is 5.91 Å². The van der Waals surface area contributed by atoms with Gasteiger partial charge in [0.1, 0.15) is 5.75 Å². The molecule has 0 aliphatic carbocycles. The second-order valence-electron chi connectivity index (χ2n) is 4.34. The van der Waals surface area contributed by atoms with Crippen molar-refractivity contribution in [2.24, 2.45) is 0 Å². The minimum Gasteiger partial charge on any atom is -0.497 e. The van der Waals surface area contributed by atoms with Crippen LogP contribution in [-0.2, 0) is 0 Å². The molecule has 0 heterocycles. The van der Waals surface area contributed by atoms with Crippen LogP contribution in [0.5, 0.6) is 5.75 Å². The SMILES string of the molecule is COc1ccc(NC(=O)c2cccc(C)c2I)c(N)c1. The first-order valence-corrected chi connectivity index (χ1v) is 7.10. The highest BCUT2D eigenvalue weighted by Gasteiger charge is 2.12. The zero-order valence-corrected chi connectivity index (χ0v) is 13.4. The van der Waals surface area contributed by atoms with Gasteiger partial charge in [-0.3, -0.25) is 4.79 Å². The Bertz CT molecular complexity index is 656. The number of rotatable bonds is 3. The van der Waals surface area contributed by atoms with E-state index in [0.717, 1.165) is 9.13 Å². The number of methoxy groups -OCH3 is 1. The number of halogens is 1. The summed E-state index contributed by atoms with van der Waals surface area (Å²) in [6.07, 6.45) is 0. The number of ether oxygens (including phenoxy) is 1. The predicted octanol–water partition coefficient (Wildman–Crippen LogP) is 3.44. The first kappa shape index (κ1) is 14.6. The van der Waals surface area contributed by atoms with Gasteiger partial charge in [-0.2, -0.15) is 0 Å². The lowest BCUT2D eigenvalue weighted by atomic mass is 10.1. The molecule has 0 unspecified atom stereocenters. The first-order valence-electron chi connectivity index (χ1n) is 6.03. The monoisotopic (exact) mass is 382 g/mol. The van der Waals surface area contributed by atoms with Gasteiger partial charge in [-0.1, -0.05) is 12.1 Å². The number of benzene rings is 2. The van der Waals surface area contributed by atoms with Crippen molar-refractivity contribution in [1.29, 1.82) is 0 Å². The molecule has 0 spiro atoms. The van der Waals surface area contributed by atoms with Crippen LogP contribution in [0, 0.1) is 10.5 Å². The molecule has 0 fully saturated rings. The van der Waals surface area contributed by atoms with E-state index in [1.54, 1.807) is 31.4 Å². The maximum absolute atomic E-state index is 12.3. The molecule has 3 N–H and O–H groups in total. The molecule has 0 saturated carbocycles. The van der Waals surface area contributed by atoms with E-state index in [1.165, 1.54) is 0 Å². The highest BCUT2D eigenvalue weighted by molar-refractivity contribution is 14.1. The van der Waals surface area contributed by atoms with E-state index < -0.39 is 0 Å². The third-order valence-electron chi connectivity index (χ3n) is 2.94. The second-order valence-corrected chi connectivity index (χ2v) is 5.42. The largest absolute Gasteiger partial charge is 0.497 e. The number of nitrogens with one attached hydrogen (secondary N) is 1. The van der Waals surface area contributed by atoms with Gasteiger partial charge in [0, 0.05) is 9.64 Å². The van der Waals surface area contributed by atoms with Gasteiger partial charge in [0.2, 0.25) is 0 Å². The highest BCUT2D eigenvalue weighted by atomic mass is 127. The number of nitrogen functional groups attached to an aromatic ring is 1. The fraction of sp³-hybridized carbons (Fsp3) is 0.133. The summed E-state index contributed by atoms with van der Waals surface area (Å²) in [7, 11) is 1.57. The van der Waals surface area contributed by atoms with Crippen molar-refractivity contribution in [2.45, 2.75) is 6.92 Å². The van der Waals surface area contributed by atoms with Gasteiger partial charge in [0.05, 0.1) is 24.0 Å². The van der Waals surface area contributed by atoms with Crippen LogP contribution >= 0.6 is 22.6 Å². The molecule has 0 radical (unpaired) electrons. The number of hydrogen-bond donors (Lipinski definition) is 2. The normalized spacial score (nSPS) is 10.2. The summed E-state index contributed by atoms with van der Waals surface area (Å²) in [6.45, 7) is 1.97. The standard InChI is InChI=1S/C15H15IN2O2/c1-9-4-3-5-11(14(9)16)15(19)18-13-7-6-10(20-2)8-12(13)17/h3-8H,17H2,1-2H3,(H,18,19). The zero-order valence-electron chi connectivity index (χ0n) is 11.2. The summed E-state index contributed by atoms with van der Waals surface area (Å²) in [5.74, 6) is 0.487. The molecule has 0 saturated heterocycles. The number of nitrogens with two attached hydrogens (primary N) is 1. The van der Waals surface area contributed by atoms with E-state index in [2.05, 4.69) is 27.9 Å². The van der Waals surface area contributed by atoms with Crippen LogP contribution in [0.1, 0.15) is 15.9 Å². The first-order chi connectivity index (χ1) is 9.52. The minimum atomic E-state index is -0.171. The summed E-state index contributed by atoms with van der Waals surface area (Å²) in [5, 5.41) is 2.82. The van der Waals surface area contributed by atoms with Crippen molar-refractivity contribution in [3.63, 3.8) is 0 Å². The summed E-state index contributed by atoms with van der Waals surface area (Å²) in [6, 6.07) is 10.8. The predicted molar refractivity (Wildman–Crippen MR) is 89.3 cm³/mol. The molecule has 104 valence electrons. The molecule has 0 bridgehead atoms. The lowest BCUT2D eigenvalue weighted by Crippen LogP contribution is -2.15. The van der Waals surface area contributed by atoms with Gasteiger partial charge >= 0.3 is 0 Å². The molecule has 2 rings (SSSR count). The molecule has 1 amide bonds. The number of amides is 1. The van der Waals surface area contributed by atoms with Gasteiger partial charge in [-0.15, -0.1) is 0 Å². The van der Waals surface area contributed by atoms with E-state index in [9.17, 15) is 4.79 Å². The van der Waals surface area contributed by atoms with Crippen molar-refractivity contribution in [3.8, 4) is 5.75 Å². The third kappa shape index (κ3) is 3.04. The number of hydrogen-bond acceptors (Lipinski definition) is 3. The van der Waals surface area contributed by atoms with Crippen LogP contribution in [0.4, 0.5) is 11.4 Å². The lowest BCUT2D eigenvalue weighted by molar-refractivity contribution is 0.102. The number of aryl methyl sites for hydroxylation is 1. The van der Waals surface area contributed by atoms with Gasteiger partial charge in [-0.05, 0) is 53.3 Å². The molecule has 2 aromatic rings.